The fourth-order valence-electron chi connectivity index (χ4n) is 4.74. The first kappa shape index (κ1) is 20.9. The third kappa shape index (κ3) is 3.94. The minimum absolute atomic E-state index is 0.0273. The van der Waals surface area contributed by atoms with Gasteiger partial charge in [0.25, 0.3) is 5.91 Å². The van der Waals surface area contributed by atoms with E-state index in [1.165, 1.54) is 16.9 Å². The average Bonchev–Trinajstić information content (AvgIpc) is 3.43. The number of fused-ring (bicyclic) bond motifs is 3. The zero-order valence-corrected chi connectivity index (χ0v) is 19.4. The Morgan fingerprint density at radius 2 is 1.97 bits per heavy atom. The Balaban J connectivity index is 1.22. The van der Waals surface area contributed by atoms with Crippen LogP contribution in [-0.4, -0.2) is 28.4 Å². The van der Waals surface area contributed by atoms with Crippen LogP contribution in [0.1, 0.15) is 35.3 Å². The number of rotatable bonds is 5. The fraction of sp³-hybridized carbons (Fsp3) is 0.269. The summed E-state index contributed by atoms with van der Waals surface area (Å²) < 4.78 is 5.79. The van der Waals surface area contributed by atoms with Gasteiger partial charge in [0.05, 0.1) is 16.6 Å². The fourth-order valence-corrected chi connectivity index (χ4v) is 6.04. The quantitative estimate of drug-likeness (QED) is 0.378. The van der Waals surface area contributed by atoms with Crippen LogP contribution in [0, 0.1) is 0 Å². The van der Waals surface area contributed by atoms with Gasteiger partial charge in [0.1, 0.15) is 16.6 Å². The van der Waals surface area contributed by atoms with Gasteiger partial charge in [-0.05, 0) is 73.6 Å². The minimum atomic E-state index is -0.206. The number of thiophene rings is 1. The molecule has 34 heavy (non-hydrogen) atoms. The molecule has 4 aromatic rings. The van der Waals surface area contributed by atoms with Crippen molar-refractivity contribution in [3.63, 3.8) is 0 Å². The van der Waals surface area contributed by atoms with Gasteiger partial charge in [-0.25, -0.2) is 4.98 Å². The van der Waals surface area contributed by atoms with E-state index in [1.807, 2.05) is 36.4 Å². The van der Waals surface area contributed by atoms with Crippen molar-refractivity contribution in [3.05, 3.63) is 58.5 Å². The normalized spacial score (nSPS) is 14.9. The molecule has 1 aliphatic carbocycles. The third-order valence-electron chi connectivity index (χ3n) is 6.39. The standard InChI is InChI=1S/C26H24N4O3S/c31-22-12-9-15-13-16(10-11-18(15)27-22)33-14-23(32)30-26-24(17-5-1-4-8-21(17)34-26)25-28-19-6-2-3-7-20(19)29-25/h2-3,6-7,10-11,13H,1,4-5,8-9,12,14H2,(H,27,31)(H,28,29)(H,30,32). The molecule has 172 valence electrons. The van der Waals surface area contributed by atoms with Crippen LogP contribution in [-0.2, 0) is 28.9 Å². The van der Waals surface area contributed by atoms with Crippen LogP contribution < -0.4 is 15.4 Å². The van der Waals surface area contributed by atoms with E-state index in [-0.39, 0.29) is 18.4 Å². The summed E-state index contributed by atoms with van der Waals surface area (Å²) in [7, 11) is 0. The molecule has 7 nitrogen and oxygen atoms in total. The minimum Gasteiger partial charge on any atom is -0.484 e. The van der Waals surface area contributed by atoms with Gasteiger partial charge >= 0.3 is 0 Å². The van der Waals surface area contributed by atoms with Crippen LogP contribution in [0.4, 0.5) is 10.7 Å². The van der Waals surface area contributed by atoms with Crippen molar-refractivity contribution in [2.24, 2.45) is 0 Å². The second-order valence-corrected chi connectivity index (χ2v) is 9.83. The highest BCUT2D eigenvalue weighted by Crippen LogP contribution is 2.43. The molecule has 0 saturated carbocycles. The number of ether oxygens (including phenoxy) is 1. The zero-order valence-electron chi connectivity index (χ0n) is 18.6. The highest BCUT2D eigenvalue weighted by Gasteiger charge is 2.25. The first-order valence-electron chi connectivity index (χ1n) is 11.6. The lowest BCUT2D eigenvalue weighted by molar-refractivity contribution is -0.118. The van der Waals surface area contributed by atoms with Gasteiger partial charge in [-0.15, -0.1) is 11.3 Å². The number of hydrogen-bond donors (Lipinski definition) is 3. The molecular weight excluding hydrogens is 448 g/mol. The number of imidazole rings is 1. The number of hydrogen-bond acceptors (Lipinski definition) is 5. The lowest BCUT2D eigenvalue weighted by Crippen LogP contribution is -2.21. The van der Waals surface area contributed by atoms with Crippen LogP contribution in [0.15, 0.2) is 42.5 Å². The molecule has 8 heteroatoms. The molecule has 3 heterocycles. The molecular formula is C26H24N4O3S. The van der Waals surface area contributed by atoms with Crippen LogP contribution >= 0.6 is 11.3 Å². The molecule has 0 bridgehead atoms. The largest absolute Gasteiger partial charge is 0.484 e. The predicted molar refractivity (Wildman–Crippen MR) is 134 cm³/mol. The number of aromatic nitrogens is 2. The topological polar surface area (TPSA) is 96.1 Å². The SMILES string of the molecule is O=C1CCc2cc(OCC(=O)Nc3sc4c(c3-c3nc5ccccc5[nH]3)CCCC4)ccc2N1. The van der Waals surface area contributed by atoms with Crippen LogP contribution in [0.25, 0.3) is 22.4 Å². The smallest absolute Gasteiger partial charge is 0.262 e. The van der Waals surface area contributed by atoms with Crippen molar-refractivity contribution in [2.45, 2.75) is 38.5 Å². The first-order chi connectivity index (χ1) is 16.6. The first-order valence-corrected chi connectivity index (χ1v) is 12.4. The summed E-state index contributed by atoms with van der Waals surface area (Å²) in [6.07, 6.45) is 5.48. The van der Waals surface area contributed by atoms with Crippen LogP contribution in [0.3, 0.4) is 0 Å². The van der Waals surface area contributed by atoms with Gasteiger partial charge in [0.2, 0.25) is 5.91 Å². The molecule has 2 aromatic carbocycles. The Morgan fingerprint density at radius 3 is 2.88 bits per heavy atom. The third-order valence-corrected chi connectivity index (χ3v) is 7.60. The number of nitrogens with one attached hydrogen (secondary N) is 3. The van der Waals surface area contributed by atoms with Crippen molar-refractivity contribution in [1.82, 2.24) is 9.97 Å². The maximum atomic E-state index is 12.9. The van der Waals surface area contributed by atoms with E-state index in [0.717, 1.165) is 57.9 Å². The summed E-state index contributed by atoms with van der Waals surface area (Å²) in [5, 5.41) is 6.77. The Labute approximate surface area is 200 Å². The summed E-state index contributed by atoms with van der Waals surface area (Å²) in [5.41, 5.74) is 6.04. The number of amides is 2. The highest BCUT2D eigenvalue weighted by molar-refractivity contribution is 7.17. The number of nitrogens with zero attached hydrogens (tertiary/aromatic N) is 1. The van der Waals surface area contributed by atoms with Crippen molar-refractivity contribution < 1.29 is 14.3 Å². The van der Waals surface area contributed by atoms with Crippen molar-refractivity contribution in [1.29, 1.82) is 0 Å². The second-order valence-electron chi connectivity index (χ2n) is 8.72. The Bertz CT molecular complexity index is 1390. The molecule has 2 aliphatic rings. The lowest BCUT2D eigenvalue weighted by Gasteiger charge is -2.17. The van der Waals surface area contributed by atoms with Gasteiger partial charge in [-0.1, -0.05) is 12.1 Å². The monoisotopic (exact) mass is 472 g/mol. The summed E-state index contributed by atoms with van der Waals surface area (Å²) in [5.74, 6) is 1.24. The molecule has 0 unspecified atom stereocenters. The molecule has 0 spiro atoms. The van der Waals surface area contributed by atoms with E-state index < -0.39 is 0 Å². The predicted octanol–water partition coefficient (Wildman–Crippen LogP) is 5.07. The Kier molecular flexibility index (Phi) is 5.30. The Morgan fingerprint density at radius 1 is 1.09 bits per heavy atom. The van der Waals surface area contributed by atoms with Crippen LogP contribution in [0.5, 0.6) is 5.75 Å². The zero-order chi connectivity index (χ0) is 23.1. The molecule has 2 amide bonds. The average molecular weight is 473 g/mol. The number of aryl methyl sites for hydroxylation is 2. The van der Waals surface area contributed by atoms with E-state index in [1.54, 1.807) is 17.4 Å². The molecule has 0 radical (unpaired) electrons. The second kappa shape index (κ2) is 8.61. The molecule has 0 atom stereocenters. The van der Waals surface area contributed by atoms with Crippen molar-refractivity contribution >= 4 is 44.9 Å². The highest BCUT2D eigenvalue weighted by atomic mass is 32.1. The van der Waals surface area contributed by atoms with E-state index >= 15 is 0 Å². The number of benzene rings is 2. The lowest BCUT2D eigenvalue weighted by atomic mass is 9.95. The van der Waals surface area contributed by atoms with Crippen LogP contribution in [0.2, 0.25) is 0 Å². The summed E-state index contributed by atoms with van der Waals surface area (Å²) >= 11 is 1.65. The maximum absolute atomic E-state index is 12.9. The summed E-state index contributed by atoms with van der Waals surface area (Å²) in [4.78, 5) is 34.0. The van der Waals surface area contributed by atoms with Crippen molar-refractivity contribution in [3.8, 4) is 17.1 Å². The van der Waals surface area contributed by atoms with E-state index in [2.05, 4.69) is 15.6 Å². The van der Waals surface area contributed by atoms with Crippen molar-refractivity contribution in [2.75, 3.05) is 17.2 Å². The molecule has 1 aliphatic heterocycles. The summed E-state index contributed by atoms with van der Waals surface area (Å²) in [6, 6.07) is 13.5. The maximum Gasteiger partial charge on any atom is 0.262 e. The van der Waals surface area contributed by atoms with Gasteiger partial charge in [0.15, 0.2) is 6.61 Å². The molecule has 0 saturated heterocycles. The number of aromatic amines is 1. The number of anilines is 2. The van der Waals surface area contributed by atoms with Gasteiger partial charge < -0.3 is 20.4 Å². The number of carbonyl (C=O) groups excluding carboxylic acids is 2. The van der Waals surface area contributed by atoms with Gasteiger partial charge in [-0.3, -0.25) is 9.59 Å². The number of H-pyrrole nitrogens is 1. The molecule has 3 N–H and O–H groups in total. The van der Waals surface area contributed by atoms with E-state index in [9.17, 15) is 9.59 Å². The Hall–Kier alpha value is -3.65. The van der Waals surface area contributed by atoms with Gasteiger partial charge in [-0.2, -0.15) is 0 Å². The number of carbonyl (C=O) groups is 2. The summed E-state index contributed by atoms with van der Waals surface area (Å²) in [6.45, 7) is -0.0900. The van der Waals surface area contributed by atoms with Gasteiger partial charge in [0, 0.05) is 17.0 Å². The van der Waals surface area contributed by atoms with E-state index in [0.29, 0.717) is 18.6 Å². The molecule has 0 fully saturated rings. The molecule has 2 aromatic heterocycles. The van der Waals surface area contributed by atoms with E-state index in [4.69, 9.17) is 9.72 Å². The number of para-hydroxylation sites is 2. The molecule has 6 rings (SSSR count).